The standard InChI is InChI=1S/C16H19N3/c1-2-3-12-4-6-13(7-5-12)14-8-11-18-15(19-14)16(17)9-10-16/h4-8,11H,2-3,9-10,17H2,1H3. The van der Waals surface area contributed by atoms with Crippen molar-refractivity contribution in [1.29, 1.82) is 0 Å². The largest absolute Gasteiger partial charge is 0.319 e. The normalized spacial score (nSPS) is 16.3. The summed E-state index contributed by atoms with van der Waals surface area (Å²) in [4.78, 5) is 8.93. The summed E-state index contributed by atoms with van der Waals surface area (Å²) in [7, 11) is 0. The van der Waals surface area contributed by atoms with E-state index in [9.17, 15) is 0 Å². The first-order chi connectivity index (χ1) is 9.21. The Kier molecular flexibility index (Phi) is 3.07. The van der Waals surface area contributed by atoms with Gasteiger partial charge in [0.15, 0.2) is 0 Å². The SMILES string of the molecule is CCCc1ccc(-c2ccnc(C3(N)CC3)n2)cc1. The van der Waals surface area contributed by atoms with Gasteiger partial charge in [-0.2, -0.15) is 0 Å². The number of hydrogen-bond acceptors (Lipinski definition) is 3. The smallest absolute Gasteiger partial charge is 0.148 e. The van der Waals surface area contributed by atoms with Crippen molar-refractivity contribution in [3.05, 3.63) is 47.9 Å². The van der Waals surface area contributed by atoms with Gasteiger partial charge in [0, 0.05) is 11.8 Å². The van der Waals surface area contributed by atoms with Crippen LogP contribution >= 0.6 is 0 Å². The van der Waals surface area contributed by atoms with Crippen molar-refractivity contribution in [3.63, 3.8) is 0 Å². The summed E-state index contributed by atoms with van der Waals surface area (Å²) in [5, 5.41) is 0. The maximum atomic E-state index is 6.15. The van der Waals surface area contributed by atoms with E-state index >= 15 is 0 Å². The van der Waals surface area contributed by atoms with Crippen molar-refractivity contribution >= 4 is 0 Å². The molecule has 1 aliphatic carbocycles. The molecule has 0 spiro atoms. The molecule has 0 aliphatic heterocycles. The van der Waals surface area contributed by atoms with Gasteiger partial charge in [-0.3, -0.25) is 0 Å². The lowest BCUT2D eigenvalue weighted by molar-refractivity contribution is 0.673. The highest BCUT2D eigenvalue weighted by Crippen LogP contribution is 2.40. The van der Waals surface area contributed by atoms with Gasteiger partial charge in [-0.25, -0.2) is 9.97 Å². The molecule has 1 aromatic carbocycles. The number of nitrogens with zero attached hydrogens (tertiary/aromatic N) is 2. The molecule has 1 heterocycles. The van der Waals surface area contributed by atoms with Gasteiger partial charge in [0.05, 0.1) is 11.2 Å². The lowest BCUT2D eigenvalue weighted by Gasteiger charge is -2.09. The first-order valence-electron chi connectivity index (χ1n) is 6.93. The molecule has 0 bridgehead atoms. The summed E-state index contributed by atoms with van der Waals surface area (Å²) in [5.41, 5.74) is 9.36. The Morgan fingerprint density at radius 1 is 1.16 bits per heavy atom. The van der Waals surface area contributed by atoms with Gasteiger partial charge in [-0.05, 0) is 30.9 Å². The number of nitrogens with two attached hydrogens (primary N) is 1. The minimum absolute atomic E-state index is 0.266. The summed E-state index contributed by atoms with van der Waals surface area (Å²) in [5.74, 6) is 0.780. The van der Waals surface area contributed by atoms with Crippen molar-refractivity contribution < 1.29 is 0 Å². The van der Waals surface area contributed by atoms with Crippen molar-refractivity contribution in [2.45, 2.75) is 38.1 Å². The monoisotopic (exact) mass is 253 g/mol. The van der Waals surface area contributed by atoms with Gasteiger partial charge in [0.1, 0.15) is 5.82 Å². The summed E-state index contributed by atoms with van der Waals surface area (Å²) in [6.45, 7) is 2.20. The van der Waals surface area contributed by atoms with Gasteiger partial charge in [0.2, 0.25) is 0 Å². The molecular formula is C16H19N3. The maximum Gasteiger partial charge on any atom is 0.148 e. The Morgan fingerprint density at radius 3 is 2.53 bits per heavy atom. The van der Waals surface area contributed by atoms with Crippen LogP contribution in [0.5, 0.6) is 0 Å². The molecule has 19 heavy (non-hydrogen) atoms. The van der Waals surface area contributed by atoms with Gasteiger partial charge in [0.25, 0.3) is 0 Å². The molecule has 1 saturated carbocycles. The van der Waals surface area contributed by atoms with E-state index in [-0.39, 0.29) is 5.54 Å². The average Bonchev–Trinajstić information content (AvgIpc) is 3.20. The van der Waals surface area contributed by atoms with Crippen LogP contribution in [-0.2, 0) is 12.0 Å². The highest BCUT2D eigenvalue weighted by molar-refractivity contribution is 5.59. The summed E-state index contributed by atoms with van der Waals surface area (Å²) in [6, 6.07) is 10.6. The second-order valence-corrected chi connectivity index (χ2v) is 5.37. The Labute approximate surface area is 113 Å². The highest BCUT2D eigenvalue weighted by atomic mass is 15.0. The van der Waals surface area contributed by atoms with Gasteiger partial charge >= 0.3 is 0 Å². The van der Waals surface area contributed by atoms with E-state index in [0.717, 1.165) is 36.3 Å². The number of rotatable bonds is 4. The maximum absolute atomic E-state index is 6.15. The van der Waals surface area contributed by atoms with Crippen molar-refractivity contribution in [2.24, 2.45) is 5.73 Å². The van der Waals surface area contributed by atoms with E-state index in [0.29, 0.717) is 0 Å². The Bertz CT molecular complexity index is 571. The number of benzene rings is 1. The van der Waals surface area contributed by atoms with Crippen molar-refractivity contribution in [3.8, 4) is 11.3 Å². The molecule has 0 amide bonds. The molecular weight excluding hydrogens is 234 g/mol. The molecule has 3 nitrogen and oxygen atoms in total. The Morgan fingerprint density at radius 2 is 1.89 bits per heavy atom. The van der Waals surface area contributed by atoms with Gasteiger partial charge in [-0.1, -0.05) is 37.6 Å². The zero-order valence-electron chi connectivity index (χ0n) is 11.3. The zero-order valence-corrected chi connectivity index (χ0v) is 11.3. The Hall–Kier alpha value is -1.74. The lowest BCUT2D eigenvalue weighted by Crippen LogP contribution is -2.22. The van der Waals surface area contributed by atoms with Gasteiger partial charge in [-0.15, -0.1) is 0 Å². The summed E-state index contributed by atoms with van der Waals surface area (Å²) < 4.78 is 0. The minimum Gasteiger partial charge on any atom is -0.319 e. The summed E-state index contributed by atoms with van der Waals surface area (Å²) in [6.07, 6.45) is 6.09. The molecule has 1 aliphatic rings. The molecule has 3 rings (SSSR count). The van der Waals surface area contributed by atoms with Gasteiger partial charge < -0.3 is 5.73 Å². The van der Waals surface area contributed by atoms with E-state index in [1.807, 2.05) is 12.3 Å². The molecule has 1 fully saturated rings. The van der Waals surface area contributed by atoms with Crippen LogP contribution in [0.4, 0.5) is 0 Å². The molecule has 0 radical (unpaired) electrons. The first-order valence-corrected chi connectivity index (χ1v) is 6.93. The van der Waals surface area contributed by atoms with Crippen LogP contribution < -0.4 is 5.73 Å². The van der Waals surface area contributed by atoms with E-state index < -0.39 is 0 Å². The third-order valence-electron chi connectivity index (χ3n) is 3.68. The van der Waals surface area contributed by atoms with Crippen LogP contribution in [-0.4, -0.2) is 9.97 Å². The number of aromatic nitrogens is 2. The first kappa shape index (κ1) is 12.3. The van der Waals surface area contributed by atoms with Crippen LogP contribution in [0.2, 0.25) is 0 Å². The van der Waals surface area contributed by atoms with Crippen LogP contribution in [0.15, 0.2) is 36.5 Å². The molecule has 0 saturated heterocycles. The van der Waals surface area contributed by atoms with Crippen LogP contribution in [0, 0.1) is 0 Å². The topological polar surface area (TPSA) is 51.8 Å². The number of aryl methyl sites for hydroxylation is 1. The lowest BCUT2D eigenvalue weighted by atomic mass is 10.1. The quantitative estimate of drug-likeness (QED) is 0.911. The zero-order chi connectivity index (χ0) is 13.3. The fourth-order valence-electron chi connectivity index (χ4n) is 2.25. The predicted octanol–water partition coefficient (Wildman–Crippen LogP) is 3.04. The summed E-state index contributed by atoms with van der Waals surface area (Å²) >= 11 is 0. The molecule has 1 aromatic heterocycles. The van der Waals surface area contributed by atoms with E-state index in [1.165, 1.54) is 12.0 Å². The van der Waals surface area contributed by atoms with Crippen molar-refractivity contribution in [1.82, 2.24) is 9.97 Å². The molecule has 98 valence electrons. The van der Waals surface area contributed by atoms with E-state index in [1.54, 1.807) is 0 Å². The predicted molar refractivity (Wildman–Crippen MR) is 76.6 cm³/mol. The third-order valence-corrected chi connectivity index (χ3v) is 3.68. The van der Waals surface area contributed by atoms with Crippen LogP contribution in [0.25, 0.3) is 11.3 Å². The molecule has 0 atom stereocenters. The fraction of sp³-hybridized carbons (Fsp3) is 0.375. The third kappa shape index (κ3) is 2.51. The average molecular weight is 253 g/mol. The number of hydrogen-bond donors (Lipinski definition) is 1. The second-order valence-electron chi connectivity index (χ2n) is 5.37. The second kappa shape index (κ2) is 4.74. The minimum atomic E-state index is -0.266. The van der Waals surface area contributed by atoms with E-state index in [2.05, 4.69) is 41.2 Å². The highest BCUT2D eigenvalue weighted by Gasteiger charge is 2.43. The van der Waals surface area contributed by atoms with Crippen LogP contribution in [0.3, 0.4) is 0 Å². The van der Waals surface area contributed by atoms with Crippen molar-refractivity contribution in [2.75, 3.05) is 0 Å². The molecule has 2 aromatic rings. The Balaban J connectivity index is 1.89. The van der Waals surface area contributed by atoms with Crippen LogP contribution in [0.1, 0.15) is 37.6 Å². The van der Waals surface area contributed by atoms with E-state index in [4.69, 9.17) is 5.73 Å². The molecule has 2 N–H and O–H groups in total. The molecule has 3 heteroatoms. The molecule has 0 unspecified atom stereocenters. The fourth-order valence-corrected chi connectivity index (χ4v) is 2.25.